The first-order chi connectivity index (χ1) is 10.2. The van der Waals surface area contributed by atoms with Crippen LogP contribution in [0.4, 0.5) is 0 Å². The van der Waals surface area contributed by atoms with Crippen molar-refractivity contribution in [2.24, 2.45) is 5.73 Å². The summed E-state index contributed by atoms with van der Waals surface area (Å²) in [6.45, 7) is 0. The average molecular weight is 301 g/mol. The minimum absolute atomic E-state index is 0.239. The Morgan fingerprint density at radius 2 is 2.05 bits per heavy atom. The van der Waals surface area contributed by atoms with E-state index in [4.69, 9.17) is 10.3 Å². The molecule has 0 aliphatic carbocycles. The fourth-order valence-electron chi connectivity index (χ4n) is 2.03. The highest BCUT2D eigenvalue weighted by Crippen LogP contribution is 2.18. The highest BCUT2D eigenvalue weighted by Gasteiger charge is 2.15. The molecule has 108 valence electrons. The molecule has 1 aromatic carbocycles. The van der Waals surface area contributed by atoms with Gasteiger partial charge < -0.3 is 15.4 Å². The van der Waals surface area contributed by atoms with Crippen molar-refractivity contribution < 1.29 is 9.63 Å². The maximum absolute atomic E-state index is 9.26. The van der Waals surface area contributed by atoms with E-state index >= 15 is 0 Å². The third-order valence-electron chi connectivity index (χ3n) is 3.11. The number of phenolic OH excluding ortho intramolecular Hbond substituents is 1. The molecule has 2 aromatic heterocycles. The van der Waals surface area contributed by atoms with Crippen LogP contribution in [-0.2, 0) is 12.8 Å². The van der Waals surface area contributed by atoms with Crippen LogP contribution in [0.5, 0.6) is 5.75 Å². The van der Waals surface area contributed by atoms with Crippen LogP contribution in [0.15, 0.2) is 46.3 Å². The third kappa shape index (κ3) is 3.48. The number of nitrogens with two attached hydrogens (primary N) is 1. The Balaban J connectivity index is 1.66. The van der Waals surface area contributed by atoms with E-state index in [1.54, 1.807) is 23.5 Å². The molecule has 3 N–H and O–H groups in total. The van der Waals surface area contributed by atoms with Crippen molar-refractivity contribution in [2.45, 2.75) is 18.9 Å². The average Bonchev–Trinajstić information content (AvgIpc) is 3.13. The summed E-state index contributed by atoms with van der Waals surface area (Å²) in [5, 5.41) is 15.3. The van der Waals surface area contributed by atoms with Crippen LogP contribution in [0.25, 0.3) is 0 Å². The maximum atomic E-state index is 9.26. The zero-order chi connectivity index (χ0) is 14.7. The van der Waals surface area contributed by atoms with Crippen LogP contribution in [-0.4, -0.2) is 15.2 Å². The van der Waals surface area contributed by atoms with Crippen molar-refractivity contribution in [3.63, 3.8) is 0 Å². The molecule has 0 fully saturated rings. The Bertz CT molecular complexity index is 692. The molecule has 0 saturated heterocycles. The van der Waals surface area contributed by atoms with Gasteiger partial charge in [0.2, 0.25) is 5.89 Å². The van der Waals surface area contributed by atoms with E-state index in [1.807, 2.05) is 29.6 Å². The van der Waals surface area contributed by atoms with Gasteiger partial charge in [0.1, 0.15) is 5.75 Å². The van der Waals surface area contributed by atoms with Crippen LogP contribution < -0.4 is 5.73 Å². The van der Waals surface area contributed by atoms with E-state index in [-0.39, 0.29) is 11.8 Å². The summed E-state index contributed by atoms with van der Waals surface area (Å²) in [6.07, 6.45) is 1.24. The molecule has 1 unspecified atom stereocenters. The Kier molecular flexibility index (Phi) is 3.98. The van der Waals surface area contributed by atoms with Crippen molar-refractivity contribution in [3.05, 3.63) is 63.9 Å². The van der Waals surface area contributed by atoms with E-state index in [0.29, 0.717) is 24.6 Å². The normalized spacial score (nSPS) is 12.4. The Labute approximate surface area is 126 Å². The summed E-state index contributed by atoms with van der Waals surface area (Å²) in [4.78, 5) is 5.54. The van der Waals surface area contributed by atoms with Gasteiger partial charge in [-0.3, -0.25) is 0 Å². The summed E-state index contributed by atoms with van der Waals surface area (Å²) in [5.41, 5.74) is 7.11. The predicted octanol–water partition coefficient (Wildman–Crippen LogP) is 2.67. The molecule has 3 rings (SSSR count). The van der Waals surface area contributed by atoms with Gasteiger partial charge in [-0.15, -0.1) is 11.3 Å². The quantitative estimate of drug-likeness (QED) is 0.756. The molecule has 0 bridgehead atoms. The number of phenols is 1. The molecule has 0 saturated carbocycles. The van der Waals surface area contributed by atoms with Gasteiger partial charge in [-0.25, -0.2) is 0 Å². The second-order valence-corrected chi connectivity index (χ2v) is 5.81. The Hall–Kier alpha value is -2.18. The summed E-state index contributed by atoms with van der Waals surface area (Å²) in [7, 11) is 0. The van der Waals surface area contributed by atoms with Crippen LogP contribution in [0.3, 0.4) is 0 Å². The third-order valence-corrected chi connectivity index (χ3v) is 3.98. The van der Waals surface area contributed by atoms with Gasteiger partial charge in [0, 0.05) is 11.3 Å². The number of hydrogen-bond acceptors (Lipinski definition) is 6. The first-order valence-corrected chi connectivity index (χ1v) is 7.47. The van der Waals surface area contributed by atoms with E-state index in [9.17, 15) is 5.11 Å². The van der Waals surface area contributed by atoms with Crippen molar-refractivity contribution in [2.75, 3.05) is 0 Å². The number of nitrogens with zero attached hydrogens (tertiary/aromatic N) is 2. The standard InChI is InChI=1S/C15H15N3O2S/c16-13(8-10-3-5-11(19)6-4-10)15-17-14(18-20-15)9-12-2-1-7-21-12/h1-7,13,19H,8-9,16H2. The summed E-state index contributed by atoms with van der Waals surface area (Å²) in [6, 6.07) is 10.6. The molecule has 0 spiro atoms. The lowest BCUT2D eigenvalue weighted by atomic mass is 10.1. The topological polar surface area (TPSA) is 85.2 Å². The van der Waals surface area contributed by atoms with Crippen molar-refractivity contribution in [1.29, 1.82) is 0 Å². The van der Waals surface area contributed by atoms with Crippen molar-refractivity contribution >= 4 is 11.3 Å². The van der Waals surface area contributed by atoms with E-state index < -0.39 is 0 Å². The molecule has 2 heterocycles. The van der Waals surface area contributed by atoms with Crippen LogP contribution in [0.2, 0.25) is 0 Å². The smallest absolute Gasteiger partial charge is 0.243 e. The first kappa shape index (κ1) is 13.8. The van der Waals surface area contributed by atoms with E-state index in [1.165, 1.54) is 4.88 Å². The summed E-state index contributed by atoms with van der Waals surface area (Å²) < 4.78 is 5.24. The molecule has 3 aromatic rings. The SMILES string of the molecule is NC(Cc1ccc(O)cc1)c1nc(Cc2cccs2)no1. The first-order valence-electron chi connectivity index (χ1n) is 6.59. The summed E-state index contributed by atoms with van der Waals surface area (Å²) >= 11 is 1.66. The molecule has 0 amide bonds. The minimum atomic E-state index is -0.348. The van der Waals surface area contributed by atoms with Gasteiger partial charge >= 0.3 is 0 Å². The highest BCUT2D eigenvalue weighted by molar-refractivity contribution is 7.09. The molecule has 0 radical (unpaired) electrons. The molecular formula is C15H15N3O2S. The number of thiophene rings is 1. The molecule has 0 aliphatic heterocycles. The van der Waals surface area contributed by atoms with Gasteiger partial charge in [0.05, 0.1) is 6.04 Å². The summed E-state index contributed by atoms with van der Waals surface area (Å²) in [5.74, 6) is 1.33. The Morgan fingerprint density at radius 1 is 1.24 bits per heavy atom. The van der Waals surface area contributed by atoms with Crippen LogP contribution in [0, 0.1) is 0 Å². The van der Waals surface area contributed by atoms with Gasteiger partial charge in [-0.05, 0) is 35.6 Å². The van der Waals surface area contributed by atoms with Crippen LogP contribution in [0.1, 0.15) is 28.2 Å². The van der Waals surface area contributed by atoms with Crippen molar-refractivity contribution in [1.82, 2.24) is 10.1 Å². The van der Waals surface area contributed by atoms with E-state index in [0.717, 1.165) is 5.56 Å². The second kappa shape index (κ2) is 6.07. The lowest BCUT2D eigenvalue weighted by Crippen LogP contribution is -2.13. The number of hydrogen-bond donors (Lipinski definition) is 2. The molecule has 21 heavy (non-hydrogen) atoms. The molecule has 0 aliphatic rings. The fourth-order valence-corrected chi connectivity index (χ4v) is 2.73. The van der Waals surface area contributed by atoms with Gasteiger partial charge in [0.15, 0.2) is 5.82 Å². The zero-order valence-corrected chi connectivity index (χ0v) is 12.1. The zero-order valence-electron chi connectivity index (χ0n) is 11.3. The van der Waals surface area contributed by atoms with Gasteiger partial charge in [0.25, 0.3) is 0 Å². The monoisotopic (exact) mass is 301 g/mol. The number of rotatable bonds is 5. The molecular weight excluding hydrogens is 286 g/mol. The number of aromatic hydroxyl groups is 1. The van der Waals surface area contributed by atoms with Gasteiger partial charge in [-0.1, -0.05) is 23.4 Å². The Morgan fingerprint density at radius 3 is 2.76 bits per heavy atom. The van der Waals surface area contributed by atoms with Crippen LogP contribution >= 0.6 is 11.3 Å². The second-order valence-electron chi connectivity index (χ2n) is 4.78. The highest BCUT2D eigenvalue weighted by atomic mass is 32.1. The lowest BCUT2D eigenvalue weighted by Gasteiger charge is -2.06. The minimum Gasteiger partial charge on any atom is -0.508 e. The number of benzene rings is 1. The predicted molar refractivity (Wildman–Crippen MR) is 80.2 cm³/mol. The number of aromatic nitrogens is 2. The lowest BCUT2D eigenvalue weighted by molar-refractivity contribution is 0.350. The fraction of sp³-hybridized carbons (Fsp3) is 0.200. The van der Waals surface area contributed by atoms with Gasteiger partial charge in [-0.2, -0.15) is 4.98 Å². The van der Waals surface area contributed by atoms with Crippen molar-refractivity contribution in [3.8, 4) is 5.75 Å². The molecule has 1 atom stereocenters. The van der Waals surface area contributed by atoms with E-state index in [2.05, 4.69) is 10.1 Å². The molecule has 6 heteroatoms. The molecule has 5 nitrogen and oxygen atoms in total. The largest absolute Gasteiger partial charge is 0.508 e. The maximum Gasteiger partial charge on any atom is 0.243 e.